The number of carbonyl (C=O) groups excluding carboxylic acids is 1. The first-order valence-electron chi connectivity index (χ1n) is 8.43. The van der Waals surface area contributed by atoms with Crippen LogP contribution in [0.3, 0.4) is 0 Å². The van der Waals surface area contributed by atoms with E-state index in [1.807, 2.05) is 18.2 Å². The van der Waals surface area contributed by atoms with Crippen molar-refractivity contribution in [1.82, 2.24) is 0 Å². The highest BCUT2D eigenvalue weighted by atomic mass is 35.5. The molecular formula is C20H23ClN2O. The number of rotatable bonds is 5. The molecule has 3 rings (SSSR count). The van der Waals surface area contributed by atoms with Gasteiger partial charge in [0.1, 0.15) is 0 Å². The summed E-state index contributed by atoms with van der Waals surface area (Å²) < 4.78 is 0. The van der Waals surface area contributed by atoms with E-state index in [1.54, 1.807) is 0 Å². The summed E-state index contributed by atoms with van der Waals surface area (Å²) in [5, 5.41) is 0.757. The van der Waals surface area contributed by atoms with Gasteiger partial charge in [0, 0.05) is 23.4 Å². The Hall–Kier alpha value is -1.84. The molecule has 2 aromatic carbocycles. The zero-order valence-electron chi connectivity index (χ0n) is 13.7. The van der Waals surface area contributed by atoms with E-state index in [1.165, 1.54) is 16.7 Å². The third-order valence-electron chi connectivity index (χ3n) is 4.88. The fraction of sp³-hybridized carbons (Fsp3) is 0.350. The topological polar surface area (TPSA) is 69.1 Å². The minimum absolute atomic E-state index is 0.142. The van der Waals surface area contributed by atoms with Gasteiger partial charge in [-0.15, -0.1) is 0 Å². The molecule has 4 heteroatoms. The van der Waals surface area contributed by atoms with Crippen LogP contribution in [-0.4, -0.2) is 11.9 Å². The molecule has 0 heterocycles. The van der Waals surface area contributed by atoms with E-state index in [0.29, 0.717) is 12.8 Å². The summed E-state index contributed by atoms with van der Waals surface area (Å²) in [4.78, 5) is 11.0. The number of amides is 1. The molecule has 3 nitrogen and oxygen atoms in total. The molecule has 0 bridgehead atoms. The monoisotopic (exact) mass is 342 g/mol. The van der Waals surface area contributed by atoms with Gasteiger partial charge in [-0.2, -0.15) is 0 Å². The lowest BCUT2D eigenvalue weighted by Gasteiger charge is -2.32. The Balaban J connectivity index is 1.87. The molecule has 2 unspecified atom stereocenters. The summed E-state index contributed by atoms with van der Waals surface area (Å²) in [6, 6.07) is 14.6. The van der Waals surface area contributed by atoms with Crippen LogP contribution in [0.4, 0.5) is 0 Å². The van der Waals surface area contributed by atoms with E-state index in [2.05, 4.69) is 24.3 Å². The Morgan fingerprint density at radius 2 is 2.00 bits per heavy atom. The molecule has 0 saturated carbocycles. The van der Waals surface area contributed by atoms with Crippen molar-refractivity contribution in [3.63, 3.8) is 0 Å². The van der Waals surface area contributed by atoms with E-state index in [9.17, 15) is 4.79 Å². The van der Waals surface area contributed by atoms with E-state index in [0.717, 1.165) is 29.8 Å². The maximum atomic E-state index is 11.0. The Labute approximate surface area is 148 Å². The number of hydrogen-bond donors (Lipinski definition) is 2. The van der Waals surface area contributed by atoms with Crippen molar-refractivity contribution in [3.8, 4) is 0 Å². The Kier molecular flexibility index (Phi) is 5.22. The maximum Gasteiger partial charge on any atom is 0.217 e. The number of carbonyl (C=O) groups is 1. The van der Waals surface area contributed by atoms with Gasteiger partial charge in [0.15, 0.2) is 0 Å². The summed E-state index contributed by atoms with van der Waals surface area (Å²) in [7, 11) is 0. The number of primary amides is 1. The molecule has 0 fully saturated rings. The Bertz CT molecular complexity index is 744. The minimum atomic E-state index is -0.264. The van der Waals surface area contributed by atoms with Crippen molar-refractivity contribution in [2.75, 3.05) is 0 Å². The van der Waals surface area contributed by atoms with Crippen LogP contribution < -0.4 is 11.5 Å². The standard InChI is InChI=1S/C20H23ClN2O/c21-16-3-1-2-14(10-16)12-18-17-11-13(5-9-20(23)24)4-6-15(17)7-8-19(18)22/h1-4,6,10-11,18-19H,5,7-9,12,22H2,(H2,23,24). The molecule has 4 N–H and O–H groups in total. The molecule has 2 aromatic rings. The van der Waals surface area contributed by atoms with Gasteiger partial charge in [-0.05, 0) is 60.1 Å². The van der Waals surface area contributed by atoms with Gasteiger partial charge in [0.2, 0.25) is 5.91 Å². The lowest BCUT2D eigenvalue weighted by atomic mass is 9.76. The number of hydrogen-bond acceptors (Lipinski definition) is 2. The predicted octanol–water partition coefficient (Wildman–Crippen LogP) is 3.36. The largest absolute Gasteiger partial charge is 0.370 e. The van der Waals surface area contributed by atoms with Crippen LogP contribution >= 0.6 is 11.6 Å². The van der Waals surface area contributed by atoms with Crippen molar-refractivity contribution in [1.29, 1.82) is 0 Å². The number of benzene rings is 2. The number of halogens is 1. The van der Waals surface area contributed by atoms with E-state index < -0.39 is 0 Å². The number of aryl methyl sites for hydroxylation is 2. The van der Waals surface area contributed by atoms with E-state index in [-0.39, 0.29) is 17.9 Å². The maximum absolute atomic E-state index is 11.0. The van der Waals surface area contributed by atoms with E-state index >= 15 is 0 Å². The van der Waals surface area contributed by atoms with Crippen LogP contribution in [0.5, 0.6) is 0 Å². The fourth-order valence-electron chi connectivity index (χ4n) is 3.57. The second-order valence-corrected chi connectivity index (χ2v) is 7.08. The van der Waals surface area contributed by atoms with Crippen LogP contribution in [0.15, 0.2) is 42.5 Å². The summed E-state index contributed by atoms with van der Waals surface area (Å²) in [6.07, 6.45) is 3.96. The summed E-state index contributed by atoms with van der Waals surface area (Å²) in [5.74, 6) is 0.0145. The first-order chi connectivity index (χ1) is 11.5. The van der Waals surface area contributed by atoms with Gasteiger partial charge in [-0.3, -0.25) is 4.79 Å². The van der Waals surface area contributed by atoms with Crippen molar-refractivity contribution >= 4 is 17.5 Å². The van der Waals surface area contributed by atoms with Gasteiger partial charge in [-0.25, -0.2) is 0 Å². The second kappa shape index (κ2) is 7.37. The highest BCUT2D eigenvalue weighted by molar-refractivity contribution is 6.30. The van der Waals surface area contributed by atoms with Crippen LogP contribution in [0.2, 0.25) is 5.02 Å². The normalized spacial score (nSPS) is 19.8. The van der Waals surface area contributed by atoms with Gasteiger partial charge >= 0.3 is 0 Å². The molecule has 0 spiro atoms. The van der Waals surface area contributed by atoms with Gasteiger partial charge in [0.25, 0.3) is 0 Å². The molecular weight excluding hydrogens is 320 g/mol. The minimum Gasteiger partial charge on any atom is -0.370 e. The van der Waals surface area contributed by atoms with Crippen molar-refractivity contribution in [2.24, 2.45) is 11.5 Å². The van der Waals surface area contributed by atoms with Gasteiger partial charge in [-0.1, -0.05) is 41.9 Å². The van der Waals surface area contributed by atoms with Crippen LogP contribution in [-0.2, 0) is 24.1 Å². The molecule has 1 amide bonds. The zero-order valence-corrected chi connectivity index (χ0v) is 14.4. The Morgan fingerprint density at radius 3 is 2.75 bits per heavy atom. The average Bonchev–Trinajstić information content (AvgIpc) is 2.55. The van der Waals surface area contributed by atoms with Crippen LogP contribution in [0.25, 0.3) is 0 Å². The molecule has 24 heavy (non-hydrogen) atoms. The lowest BCUT2D eigenvalue weighted by Crippen LogP contribution is -2.34. The van der Waals surface area contributed by atoms with Gasteiger partial charge < -0.3 is 11.5 Å². The zero-order chi connectivity index (χ0) is 17.1. The molecule has 1 aliphatic rings. The lowest BCUT2D eigenvalue weighted by molar-refractivity contribution is -0.117. The molecule has 2 atom stereocenters. The van der Waals surface area contributed by atoms with Crippen molar-refractivity contribution in [2.45, 2.75) is 44.1 Å². The molecule has 0 aromatic heterocycles. The second-order valence-electron chi connectivity index (χ2n) is 6.64. The quantitative estimate of drug-likeness (QED) is 0.874. The first kappa shape index (κ1) is 17.0. The smallest absolute Gasteiger partial charge is 0.217 e. The highest BCUT2D eigenvalue weighted by Gasteiger charge is 2.27. The van der Waals surface area contributed by atoms with E-state index in [4.69, 9.17) is 23.1 Å². The third kappa shape index (κ3) is 3.97. The van der Waals surface area contributed by atoms with Gasteiger partial charge in [0.05, 0.1) is 0 Å². The Morgan fingerprint density at radius 1 is 1.17 bits per heavy atom. The van der Waals surface area contributed by atoms with Crippen LogP contribution in [0.1, 0.15) is 41.0 Å². The molecule has 0 saturated heterocycles. The summed E-state index contributed by atoms with van der Waals surface area (Å²) in [5.41, 5.74) is 16.8. The third-order valence-corrected chi connectivity index (χ3v) is 5.11. The molecule has 0 aliphatic heterocycles. The summed E-state index contributed by atoms with van der Waals surface area (Å²) in [6.45, 7) is 0. The van der Waals surface area contributed by atoms with Crippen LogP contribution in [0, 0.1) is 0 Å². The average molecular weight is 343 g/mol. The van der Waals surface area contributed by atoms with Crippen molar-refractivity contribution in [3.05, 3.63) is 69.7 Å². The van der Waals surface area contributed by atoms with Crippen molar-refractivity contribution < 1.29 is 4.79 Å². The molecule has 0 radical (unpaired) electrons. The molecule has 126 valence electrons. The number of fused-ring (bicyclic) bond motifs is 1. The fourth-order valence-corrected chi connectivity index (χ4v) is 3.79. The SMILES string of the molecule is NC(=O)CCc1ccc2c(c1)C(Cc1cccc(Cl)c1)C(N)CC2. The number of nitrogens with two attached hydrogens (primary N) is 2. The predicted molar refractivity (Wildman–Crippen MR) is 98.2 cm³/mol. The first-order valence-corrected chi connectivity index (χ1v) is 8.81. The molecule has 1 aliphatic carbocycles. The summed E-state index contributed by atoms with van der Waals surface area (Å²) >= 11 is 6.12. The highest BCUT2D eigenvalue weighted by Crippen LogP contribution is 2.34.